The maximum absolute atomic E-state index is 11.7. The van der Waals surface area contributed by atoms with Crippen molar-refractivity contribution in [2.45, 2.75) is 32.8 Å². The van der Waals surface area contributed by atoms with Gasteiger partial charge in [-0.1, -0.05) is 6.07 Å². The Morgan fingerprint density at radius 1 is 1.17 bits per heavy atom. The second-order valence-electron chi connectivity index (χ2n) is 6.35. The molecule has 0 bridgehead atoms. The number of fused-ring (bicyclic) bond motifs is 1. The SMILES string of the molecule is CC(C)(C)OC(=O)NCC(=O)NCCc1ccc2[nH]ccc2c1. The first-order chi connectivity index (χ1) is 10.8. The van der Waals surface area contributed by atoms with Gasteiger partial charge >= 0.3 is 6.09 Å². The van der Waals surface area contributed by atoms with Gasteiger partial charge in [-0.25, -0.2) is 4.79 Å². The molecule has 124 valence electrons. The predicted molar refractivity (Wildman–Crippen MR) is 89.2 cm³/mol. The van der Waals surface area contributed by atoms with Gasteiger partial charge in [0.25, 0.3) is 0 Å². The Kier molecular flexibility index (Phi) is 5.26. The first-order valence-electron chi connectivity index (χ1n) is 7.63. The van der Waals surface area contributed by atoms with Crippen molar-refractivity contribution in [3.63, 3.8) is 0 Å². The Bertz CT molecular complexity index is 686. The lowest BCUT2D eigenvalue weighted by Gasteiger charge is -2.19. The van der Waals surface area contributed by atoms with Crippen LogP contribution in [0.5, 0.6) is 0 Å². The van der Waals surface area contributed by atoms with Crippen LogP contribution in [0.25, 0.3) is 10.9 Å². The van der Waals surface area contributed by atoms with Gasteiger partial charge in [0, 0.05) is 18.3 Å². The Balaban J connectivity index is 1.69. The van der Waals surface area contributed by atoms with Gasteiger partial charge in [-0.05, 0) is 56.3 Å². The number of aromatic nitrogens is 1. The van der Waals surface area contributed by atoms with Gasteiger partial charge in [0.05, 0.1) is 6.54 Å². The second-order valence-corrected chi connectivity index (χ2v) is 6.35. The van der Waals surface area contributed by atoms with E-state index in [1.54, 1.807) is 20.8 Å². The molecule has 0 fully saturated rings. The number of carbonyl (C=O) groups is 2. The number of hydrogen-bond acceptors (Lipinski definition) is 3. The third kappa shape index (κ3) is 5.65. The molecule has 0 saturated heterocycles. The maximum Gasteiger partial charge on any atom is 0.408 e. The molecule has 2 aromatic rings. The molecule has 1 aromatic heterocycles. The predicted octanol–water partition coefficient (Wildman–Crippen LogP) is 2.35. The molecule has 23 heavy (non-hydrogen) atoms. The van der Waals surface area contributed by atoms with Gasteiger partial charge in [-0.15, -0.1) is 0 Å². The van der Waals surface area contributed by atoms with E-state index in [0.717, 1.165) is 22.9 Å². The summed E-state index contributed by atoms with van der Waals surface area (Å²) in [6.07, 6.45) is 2.04. The van der Waals surface area contributed by atoms with Crippen LogP contribution in [0.1, 0.15) is 26.3 Å². The topological polar surface area (TPSA) is 83.2 Å². The van der Waals surface area contributed by atoms with E-state index in [4.69, 9.17) is 4.74 Å². The molecule has 6 heteroatoms. The Morgan fingerprint density at radius 3 is 2.70 bits per heavy atom. The summed E-state index contributed by atoms with van der Waals surface area (Å²) in [5, 5.41) is 6.36. The second kappa shape index (κ2) is 7.17. The lowest BCUT2D eigenvalue weighted by atomic mass is 10.1. The van der Waals surface area contributed by atoms with E-state index < -0.39 is 11.7 Å². The highest BCUT2D eigenvalue weighted by Crippen LogP contribution is 2.14. The maximum atomic E-state index is 11.7. The number of hydrogen-bond donors (Lipinski definition) is 3. The van der Waals surface area contributed by atoms with Crippen LogP contribution in [0.3, 0.4) is 0 Å². The lowest BCUT2D eigenvalue weighted by molar-refractivity contribution is -0.120. The number of nitrogens with one attached hydrogen (secondary N) is 3. The molecule has 0 radical (unpaired) electrons. The molecule has 0 aliphatic rings. The van der Waals surface area contributed by atoms with Crippen LogP contribution in [0.15, 0.2) is 30.5 Å². The average Bonchev–Trinajstić information content (AvgIpc) is 2.91. The lowest BCUT2D eigenvalue weighted by Crippen LogP contribution is -2.40. The van der Waals surface area contributed by atoms with Gasteiger partial charge in [-0.2, -0.15) is 0 Å². The zero-order valence-corrected chi connectivity index (χ0v) is 13.7. The van der Waals surface area contributed by atoms with E-state index in [1.807, 2.05) is 24.4 Å². The summed E-state index contributed by atoms with van der Waals surface area (Å²) in [6.45, 7) is 5.74. The zero-order valence-electron chi connectivity index (χ0n) is 13.7. The zero-order chi connectivity index (χ0) is 16.9. The number of aromatic amines is 1. The summed E-state index contributed by atoms with van der Waals surface area (Å²) in [6, 6.07) is 8.17. The standard InChI is InChI=1S/C17H23N3O3/c1-17(2,3)23-16(22)20-11-15(21)19-8-6-12-4-5-14-13(10-12)7-9-18-14/h4-5,7,9-10,18H,6,8,11H2,1-3H3,(H,19,21)(H,20,22). The number of carbonyl (C=O) groups excluding carboxylic acids is 2. The molecule has 6 nitrogen and oxygen atoms in total. The van der Waals surface area contributed by atoms with Gasteiger partial charge in [-0.3, -0.25) is 4.79 Å². The average molecular weight is 317 g/mol. The highest BCUT2D eigenvalue weighted by atomic mass is 16.6. The van der Waals surface area contributed by atoms with Gasteiger partial charge in [0.15, 0.2) is 0 Å². The first-order valence-corrected chi connectivity index (χ1v) is 7.63. The molecular formula is C17H23N3O3. The molecule has 0 aliphatic heterocycles. The van der Waals surface area contributed by atoms with E-state index in [0.29, 0.717) is 6.54 Å². The minimum Gasteiger partial charge on any atom is -0.444 e. The molecule has 0 aliphatic carbocycles. The third-order valence-corrected chi connectivity index (χ3v) is 3.15. The smallest absolute Gasteiger partial charge is 0.408 e. The molecule has 2 rings (SSSR count). The molecule has 0 saturated carbocycles. The Labute approximate surface area is 135 Å². The fourth-order valence-electron chi connectivity index (χ4n) is 2.13. The van der Waals surface area contributed by atoms with Crippen molar-refractivity contribution in [2.24, 2.45) is 0 Å². The highest BCUT2D eigenvalue weighted by molar-refractivity contribution is 5.82. The Morgan fingerprint density at radius 2 is 1.96 bits per heavy atom. The minimum absolute atomic E-state index is 0.0915. The first kappa shape index (κ1) is 16.9. The van der Waals surface area contributed by atoms with E-state index in [9.17, 15) is 9.59 Å². The number of alkyl carbamates (subject to hydrolysis) is 1. The van der Waals surface area contributed by atoms with Crippen LogP contribution in [-0.4, -0.2) is 35.7 Å². The summed E-state index contributed by atoms with van der Waals surface area (Å²) >= 11 is 0. The minimum atomic E-state index is -0.592. The molecule has 0 unspecified atom stereocenters. The van der Waals surface area contributed by atoms with E-state index in [1.165, 1.54) is 0 Å². The van der Waals surface area contributed by atoms with Crippen molar-refractivity contribution in [2.75, 3.05) is 13.1 Å². The van der Waals surface area contributed by atoms with Gasteiger partial charge < -0.3 is 20.4 Å². The van der Waals surface area contributed by atoms with Crippen molar-refractivity contribution >= 4 is 22.9 Å². The molecule has 0 spiro atoms. The Hall–Kier alpha value is -2.50. The fraction of sp³-hybridized carbons (Fsp3) is 0.412. The molecule has 2 amide bonds. The number of amides is 2. The van der Waals surface area contributed by atoms with Crippen molar-refractivity contribution in [3.8, 4) is 0 Å². The highest BCUT2D eigenvalue weighted by Gasteiger charge is 2.16. The van der Waals surface area contributed by atoms with Crippen LogP contribution in [-0.2, 0) is 16.0 Å². The van der Waals surface area contributed by atoms with Crippen LogP contribution in [0.4, 0.5) is 4.79 Å². The third-order valence-electron chi connectivity index (χ3n) is 3.15. The number of benzene rings is 1. The summed E-state index contributed by atoms with van der Waals surface area (Å²) in [7, 11) is 0. The fourth-order valence-corrected chi connectivity index (χ4v) is 2.13. The largest absolute Gasteiger partial charge is 0.444 e. The normalized spacial score (nSPS) is 11.3. The van der Waals surface area contributed by atoms with Gasteiger partial charge in [0.2, 0.25) is 5.91 Å². The molecule has 1 aromatic carbocycles. The van der Waals surface area contributed by atoms with Gasteiger partial charge in [0.1, 0.15) is 5.60 Å². The van der Waals surface area contributed by atoms with Crippen molar-refractivity contribution in [1.29, 1.82) is 0 Å². The van der Waals surface area contributed by atoms with Crippen molar-refractivity contribution in [1.82, 2.24) is 15.6 Å². The summed E-state index contributed by atoms with van der Waals surface area (Å²) in [4.78, 5) is 26.3. The van der Waals surface area contributed by atoms with Crippen molar-refractivity contribution < 1.29 is 14.3 Å². The van der Waals surface area contributed by atoms with Crippen LogP contribution in [0, 0.1) is 0 Å². The molecule has 1 heterocycles. The molecular weight excluding hydrogens is 294 g/mol. The van der Waals surface area contributed by atoms with E-state index >= 15 is 0 Å². The molecule has 0 atom stereocenters. The van der Waals surface area contributed by atoms with Crippen LogP contribution >= 0.6 is 0 Å². The quantitative estimate of drug-likeness (QED) is 0.791. The van der Waals surface area contributed by atoms with E-state index in [2.05, 4.69) is 21.7 Å². The van der Waals surface area contributed by atoms with Crippen LogP contribution < -0.4 is 10.6 Å². The number of H-pyrrole nitrogens is 1. The molecule has 3 N–H and O–H groups in total. The number of ether oxygens (including phenoxy) is 1. The summed E-state index contributed by atoms with van der Waals surface area (Å²) in [5.74, 6) is -0.237. The van der Waals surface area contributed by atoms with Crippen molar-refractivity contribution in [3.05, 3.63) is 36.0 Å². The van der Waals surface area contributed by atoms with E-state index in [-0.39, 0.29) is 12.5 Å². The monoisotopic (exact) mass is 317 g/mol. The van der Waals surface area contributed by atoms with Crippen LogP contribution in [0.2, 0.25) is 0 Å². The summed E-state index contributed by atoms with van der Waals surface area (Å²) < 4.78 is 5.06. The summed E-state index contributed by atoms with van der Waals surface area (Å²) in [5.41, 5.74) is 1.68. The number of rotatable bonds is 5.